The minimum Gasteiger partial charge on any atom is -0.383 e. The summed E-state index contributed by atoms with van der Waals surface area (Å²) in [6.45, 7) is 8.80. The van der Waals surface area contributed by atoms with Crippen molar-refractivity contribution in [2.45, 2.75) is 45.9 Å². The number of methoxy groups -OCH3 is 1. The summed E-state index contributed by atoms with van der Waals surface area (Å²) in [7, 11) is 1.67. The molecule has 0 spiro atoms. The fourth-order valence-electron chi connectivity index (χ4n) is 2.98. The third-order valence-corrected chi connectivity index (χ3v) is 4.04. The van der Waals surface area contributed by atoms with Crippen LogP contribution in [0.1, 0.15) is 38.1 Å². The maximum absolute atomic E-state index is 12.7. The molecule has 4 heteroatoms. The number of carbonyl (C=O) groups excluding carboxylic acids is 1. The number of nitrogens with zero attached hydrogens (tertiary/aromatic N) is 1. The summed E-state index contributed by atoms with van der Waals surface area (Å²) in [5.74, 6) is 0.436. The van der Waals surface area contributed by atoms with E-state index in [9.17, 15) is 4.79 Å². The number of hydrogen-bond donors (Lipinski definition) is 1. The second-order valence-electron chi connectivity index (χ2n) is 6.25. The van der Waals surface area contributed by atoms with Gasteiger partial charge < -0.3 is 9.64 Å². The van der Waals surface area contributed by atoms with Crippen molar-refractivity contribution in [3.05, 3.63) is 35.4 Å². The zero-order chi connectivity index (χ0) is 15.6. The van der Waals surface area contributed by atoms with E-state index in [1.54, 1.807) is 7.11 Å². The van der Waals surface area contributed by atoms with E-state index in [0.717, 1.165) is 5.56 Å². The SMILES string of the molecule is COCC(C)N1C(=O)C(C(C)C)NC1c1cccc(C)c1. The van der Waals surface area contributed by atoms with Crippen molar-refractivity contribution < 1.29 is 9.53 Å². The molecule has 0 aromatic heterocycles. The molecule has 1 amide bonds. The highest BCUT2D eigenvalue weighted by Gasteiger charge is 2.43. The topological polar surface area (TPSA) is 41.6 Å². The predicted octanol–water partition coefficient (Wildman–Crippen LogP) is 2.48. The minimum atomic E-state index is -0.130. The maximum atomic E-state index is 12.7. The summed E-state index contributed by atoms with van der Waals surface area (Å²) in [6, 6.07) is 8.24. The van der Waals surface area contributed by atoms with Gasteiger partial charge in [0.05, 0.1) is 18.7 Å². The molecule has 21 heavy (non-hydrogen) atoms. The first kappa shape index (κ1) is 16.0. The molecule has 3 atom stereocenters. The molecule has 4 nitrogen and oxygen atoms in total. The number of hydrogen-bond acceptors (Lipinski definition) is 3. The van der Waals surface area contributed by atoms with Crippen LogP contribution in [0, 0.1) is 12.8 Å². The minimum absolute atomic E-state index is 0.0456. The molecule has 1 fully saturated rings. The van der Waals surface area contributed by atoms with Crippen molar-refractivity contribution in [3.8, 4) is 0 Å². The van der Waals surface area contributed by atoms with Crippen LogP contribution < -0.4 is 5.32 Å². The van der Waals surface area contributed by atoms with Gasteiger partial charge in [-0.25, -0.2) is 0 Å². The van der Waals surface area contributed by atoms with Gasteiger partial charge in [-0.15, -0.1) is 0 Å². The predicted molar refractivity (Wildman–Crippen MR) is 83.9 cm³/mol. The first-order chi connectivity index (χ1) is 9.95. The Morgan fingerprint density at radius 1 is 1.33 bits per heavy atom. The number of amides is 1. The van der Waals surface area contributed by atoms with Crippen LogP contribution in [0.2, 0.25) is 0 Å². The van der Waals surface area contributed by atoms with Gasteiger partial charge in [-0.05, 0) is 25.3 Å². The van der Waals surface area contributed by atoms with Crippen LogP contribution in [0.15, 0.2) is 24.3 Å². The quantitative estimate of drug-likeness (QED) is 0.906. The second-order valence-corrected chi connectivity index (χ2v) is 6.25. The smallest absolute Gasteiger partial charge is 0.241 e. The number of rotatable bonds is 5. The number of carbonyl (C=O) groups is 1. The van der Waals surface area contributed by atoms with Gasteiger partial charge in [0.2, 0.25) is 5.91 Å². The van der Waals surface area contributed by atoms with Crippen molar-refractivity contribution in [1.29, 1.82) is 0 Å². The van der Waals surface area contributed by atoms with Crippen molar-refractivity contribution in [3.63, 3.8) is 0 Å². The standard InChI is InChI=1S/C17H26N2O2/c1-11(2)15-17(20)19(13(4)10-21-5)16(18-15)14-8-6-7-12(3)9-14/h6-9,11,13,15-16,18H,10H2,1-5H3. The summed E-state index contributed by atoms with van der Waals surface area (Å²) >= 11 is 0. The van der Waals surface area contributed by atoms with Gasteiger partial charge in [0.15, 0.2) is 0 Å². The van der Waals surface area contributed by atoms with Crippen molar-refractivity contribution in [1.82, 2.24) is 10.2 Å². The lowest BCUT2D eigenvalue weighted by Gasteiger charge is -2.30. The van der Waals surface area contributed by atoms with Gasteiger partial charge >= 0.3 is 0 Å². The molecule has 3 unspecified atom stereocenters. The van der Waals surface area contributed by atoms with Crippen LogP contribution in [-0.4, -0.2) is 36.6 Å². The molecule has 116 valence electrons. The van der Waals surface area contributed by atoms with Gasteiger partial charge in [0.25, 0.3) is 0 Å². The fourth-order valence-corrected chi connectivity index (χ4v) is 2.98. The largest absolute Gasteiger partial charge is 0.383 e. The van der Waals surface area contributed by atoms with Crippen LogP contribution in [-0.2, 0) is 9.53 Å². The number of benzene rings is 1. The lowest BCUT2D eigenvalue weighted by Crippen LogP contribution is -2.41. The van der Waals surface area contributed by atoms with Crippen LogP contribution in [0.3, 0.4) is 0 Å². The molecule has 1 aromatic carbocycles. The van der Waals surface area contributed by atoms with E-state index in [2.05, 4.69) is 44.3 Å². The molecule has 1 saturated heterocycles. The Morgan fingerprint density at radius 3 is 2.62 bits per heavy atom. The number of nitrogens with one attached hydrogen (secondary N) is 1. The second kappa shape index (κ2) is 6.58. The Labute approximate surface area is 127 Å². The Morgan fingerprint density at radius 2 is 2.05 bits per heavy atom. The van der Waals surface area contributed by atoms with E-state index in [1.807, 2.05) is 17.9 Å². The van der Waals surface area contributed by atoms with Crippen molar-refractivity contribution in [2.75, 3.05) is 13.7 Å². The lowest BCUT2D eigenvalue weighted by atomic mass is 10.0. The molecule has 0 radical (unpaired) electrons. The normalized spacial score (nSPS) is 23.9. The van der Waals surface area contributed by atoms with Crippen LogP contribution in [0.25, 0.3) is 0 Å². The van der Waals surface area contributed by atoms with Gasteiger partial charge in [-0.3, -0.25) is 10.1 Å². The summed E-state index contributed by atoms with van der Waals surface area (Å²) in [5, 5.41) is 3.49. The monoisotopic (exact) mass is 290 g/mol. The highest BCUT2D eigenvalue weighted by Crippen LogP contribution is 2.30. The zero-order valence-corrected chi connectivity index (χ0v) is 13.6. The van der Waals surface area contributed by atoms with Crippen molar-refractivity contribution >= 4 is 5.91 Å². The fraction of sp³-hybridized carbons (Fsp3) is 0.588. The van der Waals surface area contributed by atoms with E-state index in [0.29, 0.717) is 6.61 Å². The van der Waals surface area contributed by atoms with Gasteiger partial charge in [0.1, 0.15) is 6.17 Å². The Hall–Kier alpha value is -1.39. The molecule has 1 aromatic rings. The molecule has 1 aliphatic heterocycles. The van der Waals surface area contributed by atoms with Crippen LogP contribution in [0.4, 0.5) is 0 Å². The first-order valence-electron chi connectivity index (χ1n) is 7.59. The molecule has 0 aliphatic carbocycles. The average Bonchev–Trinajstić information content (AvgIpc) is 2.77. The van der Waals surface area contributed by atoms with Gasteiger partial charge in [-0.1, -0.05) is 43.7 Å². The van der Waals surface area contributed by atoms with E-state index in [1.165, 1.54) is 5.56 Å². The summed E-state index contributed by atoms with van der Waals surface area (Å²) in [6.07, 6.45) is -0.0741. The molecule has 1 heterocycles. The molecule has 1 N–H and O–H groups in total. The third kappa shape index (κ3) is 3.27. The lowest BCUT2D eigenvalue weighted by molar-refractivity contribution is -0.133. The van der Waals surface area contributed by atoms with Gasteiger partial charge in [0, 0.05) is 7.11 Å². The third-order valence-electron chi connectivity index (χ3n) is 4.04. The van der Waals surface area contributed by atoms with Crippen molar-refractivity contribution in [2.24, 2.45) is 5.92 Å². The summed E-state index contributed by atoms with van der Waals surface area (Å²) in [4.78, 5) is 14.7. The maximum Gasteiger partial charge on any atom is 0.241 e. The first-order valence-corrected chi connectivity index (χ1v) is 7.59. The Kier molecular flexibility index (Phi) is 5.01. The molecule has 0 saturated carbocycles. The van der Waals surface area contributed by atoms with E-state index >= 15 is 0 Å². The Balaban J connectivity index is 2.34. The van der Waals surface area contributed by atoms with Crippen LogP contribution in [0.5, 0.6) is 0 Å². The highest BCUT2D eigenvalue weighted by molar-refractivity contribution is 5.85. The molecule has 0 bridgehead atoms. The molecule has 2 rings (SSSR count). The van der Waals surface area contributed by atoms with E-state index in [4.69, 9.17) is 4.74 Å². The summed E-state index contributed by atoms with van der Waals surface area (Å²) in [5.41, 5.74) is 2.34. The molecule has 1 aliphatic rings. The summed E-state index contributed by atoms with van der Waals surface area (Å²) < 4.78 is 5.25. The van der Waals surface area contributed by atoms with Crippen LogP contribution >= 0.6 is 0 Å². The Bertz CT molecular complexity index is 501. The number of ether oxygens (including phenoxy) is 1. The van der Waals surface area contributed by atoms with E-state index in [-0.39, 0.29) is 30.1 Å². The molecular formula is C17H26N2O2. The number of aryl methyl sites for hydroxylation is 1. The zero-order valence-electron chi connectivity index (χ0n) is 13.6. The molecular weight excluding hydrogens is 264 g/mol. The average molecular weight is 290 g/mol. The highest BCUT2D eigenvalue weighted by atomic mass is 16.5. The van der Waals surface area contributed by atoms with Gasteiger partial charge in [-0.2, -0.15) is 0 Å². The van der Waals surface area contributed by atoms with E-state index < -0.39 is 0 Å².